The summed E-state index contributed by atoms with van der Waals surface area (Å²) in [5.41, 5.74) is 1.91. The average molecular weight is 406 g/mol. The van der Waals surface area contributed by atoms with Gasteiger partial charge in [-0.15, -0.1) is 0 Å². The van der Waals surface area contributed by atoms with E-state index in [9.17, 15) is 9.18 Å². The van der Waals surface area contributed by atoms with Gasteiger partial charge in [0.15, 0.2) is 0 Å². The molecule has 1 aromatic heterocycles. The van der Waals surface area contributed by atoms with Gasteiger partial charge in [-0.2, -0.15) is 5.26 Å². The molecular formula is C23H23FN4O2. The number of hydrogen-bond acceptors (Lipinski definition) is 5. The summed E-state index contributed by atoms with van der Waals surface area (Å²) in [5.74, 6) is -0.209. The molecule has 1 aromatic carbocycles. The lowest BCUT2D eigenvalue weighted by atomic mass is 9.73. The largest absolute Gasteiger partial charge is 0.370 e. The number of carbonyl (C=O) groups is 1. The Morgan fingerprint density at radius 2 is 2.30 bits per heavy atom. The van der Waals surface area contributed by atoms with Crippen LogP contribution in [0.25, 0.3) is 0 Å². The number of amides is 1. The van der Waals surface area contributed by atoms with Gasteiger partial charge in [-0.05, 0) is 36.6 Å². The Kier molecular flexibility index (Phi) is 4.76. The molecular weight excluding hydrogens is 383 g/mol. The number of likely N-dealkylation sites (tertiary alicyclic amines) is 1. The first-order valence-electron chi connectivity index (χ1n) is 10.3. The van der Waals surface area contributed by atoms with Crippen molar-refractivity contribution in [3.8, 4) is 6.07 Å². The van der Waals surface area contributed by atoms with Gasteiger partial charge in [0, 0.05) is 44.2 Å². The fourth-order valence-electron chi connectivity index (χ4n) is 5.53. The molecule has 6 nitrogen and oxygen atoms in total. The Hall–Kier alpha value is -2.82. The van der Waals surface area contributed by atoms with Crippen molar-refractivity contribution in [1.29, 1.82) is 5.26 Å². The highest BCUT2D eigenvalue weighted by Gasteiger charge is 2.62. The first kappa shape index (κ1) is 19.2. The summed E-state index contributed by atoms with van der Waals surface area (Å²) in [6.07, 6.45) is 4.70. The van der Waals surface area contributed by atoms with E-state index in [1.54, 1.807) is 0 Å². The summed E-state index contributed by atoms with van der Waals surface area (Å²) in [4.78, 5) is 18.6. The quantitative estimate of drug-likeness (QED) is 0.826. The van der Waals surface area contributed by atoms with Gasteiger partial charge in [-0.1, -0.05) is 12.1 Å². The maximum atomic E-state index is 13.4. The van der Waals surface area contributed by atoms with Crippen LogP contribution in [0.4, 0.5) is 4.39 Å². The molecule has 1 amide bonds. The number of carbonyl (C=O) groups excluding carboxylic acids is 1. The number of ether oxygens (including phenoxy) is 1. The molecule has 2 aromatic rings. The number of benzene rings is 1. The van der Waals surface area contributed by atoms with E-state index in [1.807, 2.05) is 18.2 Å². The highest BCUT2D eigenvalue weighted by atomic mass is 19.1. The molecule has 4 heterocycles. The molecule has 5 rings (SSSR count). The van der Waals surface area contributed by atoms with Crippen molar-refractivity contribution >= 4 is 5.91 Å². The molecule has 7 heteroatoms. The third kappa shape index (κ3) is 3.36. The molecule has 3 aliphatic heterocycles. The van der Waals surface area contributed by atoms with Gasteiger partial charge in [0.2, 0.25) is 0 Å². The van der Waals surface area contributed by atoms with E-state index in [2.05, 4.69) is 27.3 Å². The van der Waals surface area contributed by atoms with Crippen LogP contribution in [0.15, 0.2) is 42.7 Å². The second kappa shape index (κ2) is 7.46. The third-order valence-electron chi connectivity index (χ3n) is 6.78. The Morgan fingerprint density at radius 3 is 3.13 bits per heavy atom. The predicted octanol–water partition coefficient (Wildman–Crippen LogP) is 2.50. The highest BCUT2D eigenvalue weighted by molar-refractivity contribution is 5.93. The van der Waals surface area contributed by atoms with Gasteiger partial charge in [-0.3, -0.25) is 14.7 Å². The van der Waals surface area contributed by atoms with E-state index < -0.39 is 5.82 Å². The molecule has 1 N–H and O–H groups in total. The minimum absolute atomic E-state index is 0.132. The molecule has 1 spiro atoms. The highest BCUT2D eigenvalue weighted by Crippen LogP contribution is 2.54. The van der Waals surface area contributed by atoms with E-state index in [0.717, 1.165) is 44.2 Å². The van der Waals surface area contributed by atoms with Crippen LogP contribution in [0, 0.1) is 29.0 Å². The third-order valence-corrected chi connectivity index (χ3v) is 6.78. The van der Waals surface area contributed by atoms with Gasteiger partial charge in [0.05, 0.1) is 35.1 Å². The van der Waals surface area contributed by atoms with Crippen molar-refractivity contribution in [3.05, 3.63) is 65.2 Å². The molecule has 3 aliphatic rings. The Bertz CT molecular complexity index is 1020. The number of halogens is 1. The van der Waals surface area contributed by atoms with E-state index in [1.165, 1.54) is 12.3 Å². The van der Waals surface area contributed by atoms with Crippen molar-refractivity contribution in [2.75, 3.05) is 19.6 Å². The van der Waals surface area contributed by atoms with Crippen molar-refractivity contribution < 1.29 is 13.9 Å². The summed E-state index contributed by atoms with van der Waals surface area (Å²) in [5, 5.41) is 12.1. The van der Waals surface area contributed by atoms with Gasteiger partial charge in [0.25, 0.3) is 5.91 Å². The molecule has 3 fully saturated rings. The lowest BCUT2D eigenvalue weighted by molar-refractivity contribution is 0.00212. The lowest BCUT2D eigenvalue weighted by Crippen LogP contribution is -2.41. The topological polar surface area (TPSA) is 78.3 Å². The molecule has 2 bridgehead atoms. The van der Waals surface area contributed by atoms with Gasteiger partial charge >= 0.3 is 0 Å². The molecule has 154 valence electrons. The molecule has 4 atom stereocenters. The van der Waals surface area contributed by atoms with Crippen molar-refractivity contribution in [2.24, 2.45) is 11.8 Å². The molecule has 0 unspecified atom stereocenters. The van der Waals surface area contributed by atoms with Crippen LogP contribution < -0.4 is 5.32 Å². The average Bonchev–Trinajstić information content (AvgIpc) is 3.40. The number of hydrogen-bond donors (Lipinski definition) is 1. The smallest absolute Gasteiger partial charge is 0.252 e. The number of fused-ring (bicyclic) bond motifs is 1. The fourth-order valence-corrected chi connectivity index (χ4v) is 5.53. The van der Waals surface area contributed by atoms with E-state index in [-0.39, 0.29) is 29.1 Å². The SMILES string of the molecule is N#Cc1cccc(CN2C[C@@H]3[C@H](CNC(=O)c4cncc(F)c4)[C@H]4CC[C@]3(C2)O4)c1. The van der Waals surface area contributed by atoms with Gasteiger partial charge < -0.3 is 10.1 Å². The second-order valence-electron chi connectivity index (χ2n) is 8.61. The van der Waals surface area contributed by atoms with Crippen LogP contribution >= 0.6 is 0 Å². The van der Waals surface area contributed by atoms with Crippen LogP contribution in [-0.2, 0) is 11.3 Å². The van der Waals surface area contributed by atoms with Crippen LogP contribution in [0.1, 0.15) is 34.3 Å². The maximum Gasteiger partial charge on any atom is 0.252 e. The number of rotatable bonds is 5. The number of aromatic nitrogens is 1. The van der Waals surface area contributed by atoms with E-state index in [4.69, 9.17) is 10.00 Å². The maximum absolute atomic E-state index is 13.4. The number of nitrogens with one attached hydrogen (secondary N) is 1. The van der Waals surface area contributed by atoms with Crippen molar-refractivity contribution in [3.63, 3.8) is 0 Å². The summed E-state index contributed by atoms with van der Waals surface area (Å²) in [7, 11) is 0. The zero-order chi connectivity index (χ0) is 20.7. The number of pyridine rings is 1. The van der Waals surface area contributed by atoms with Crippen LogP contribution in [0.3, 0.4) is 0 Å². The lowest BCUT2D eigenvalue weighted by Gasteiger charge is -2.29. The minimum Gasteiger partial charge on any atom is -0.370 e. The monoisotopic (exact) mass is 406 g/mol. The predicted molar refractivity (Wildman–Crippen MR) is 107 cm³/mol. The molecule has 3 saturated heterocycles. The first-order valence-corrected chi connectivity index (χ1v) is 10.3. The summed E-state index contributed by atoms with van der Waals surface area (Å²) >= 11 is 0. The second-order valence-corrected chi connectivity index (χ2v) is 8.61. The number of nitriles is 1. The molecule has 30 heavy (non-hydrogen) atoms. The Morgan fingerprint density at radius 1 is 1.40 bits per heavy atom. The zero-order valence-corrected chi connectivity index (χ0v) is 16.6. The molecule has 0 aliphatic carbocycles. The van der Waals surface area contributed by atoms with Crippen LogP contribution in [0.5, 0.6) is 0 Å². The Labute approximate surface area is 174 Å². The van der Waals surface area contributed by atoms with Crippen molar-refractivity contribution in [2.45, 2.75) is 31.1 Å². The number of nitrogens with zero attached hydrogens (tertiary/aromatic N) is 3. The fraction of sp³-hybridized carbons (Fsp3) is 0.435. The summed E-state index contributed by atoms with van der Waals surface area (Å²) < 4.78 is 19.8. The normalized spacial score (nSPS) is 29.5. The van der Waals surface area contributed by atoms with E-state index >= 15 is 0 Å². The van der Waals surface area contributed by atoms with Crippen LogP contribution in [-0.4, -0.2) is 47.1 Å². The summed E-state index contributed by atoms with van der Waals surface area (Å²) in [6, 6.07) is 11.1. The first-order chi connectivity index (χ1) is 14.6. The minimum atomic E-state index is -0.517. The zero-order valence-electron chi connectivity index (χ0n) is 16.6. The molecule has 0 radical (unpaired) electrons. The standard InChI is InChI=1S/C23H23FN4O2/c24-18-7-17(9-26-10-18)22(29)27-11-19-20-13-28(14-23(20)5-4-21(19)30-23)12-16-3-1-2-15(6-16)8-25/h1-3,6-7,9-10,19-21H,4-5,11-14H2,(H,27,29)/t19-,20+,21+,23+/m0/s1. The summed E-state index contributed by atoms with van der Waals surface area (Å²) in [6.45, 7) is 3.10. The van der Waals surface area contributed by atoms with Crippen LogP contribution in [0.2, 0.25) is 0 Å². The molecule has 0 saturated carbocycles. The van der Waals surface area contributed by atoms with Gasteiger partial charge in [0.1, 0.15) is 5.82 Å². The Balaban J connectivity index is 1.25. The van der Waals surface area contributed by atoms with Gasteiger partial charge in [-0.25, -0.2) is 4.39 Å². The van der Waals surface area contributed by atoms with E-state index in [0.29, 0.717) is 18.0 Å². The van der Waals surface area contributed by atoms with Crippen molar-refractivity contribution in [1.82, 2.24) is 15.2 Å².